The molecule has 0 radical (unpaired) electrons. The Morgan fingerprint density at radius 2 is 2.33 bits per heavy atom. The first-order chi connectivity index (χ1) is 8.56. The summed E-state index contributed by atoms with van der Waals surface area (Å²) in [6, 6.07) is 4.95. The van der Waals surface area contributed by atoms with E-state index >= 15 is 0 Å². The summed E-state index contributed by atoms with van der Waals surface area (Å²) in [5.74, 6) is 0. The molecule has 1 aromatic carbocycles. The molecule has 0 unspecified atom stereocenters. The zero-order valence-corrected chi connectivity index (χ0v) is 11.9. The predicted molar refractivity (Wildman–Crippen MR) is 75.0 cm³/mol. The lowest BCUT2D eigenvalue weighted by Crippen LogP contribution is -2.00. The van der Waals surface area contributed by atoms with Crippen molar-refractivity contribution in [1.29, 1.82) is 0 Å². The number of halogens is 1. The zero-order chi connectivity index (χ0) is 13.1. The number of rotatable bonds is 4. The highest BCUT2D eigenvalue weighted by Crippen LogP contribution is 2.28. The third kappa shape index (κ3) is 3.05. The molecule has 0 fully saturated rings. The van der Waals surface area contributed by atoms with Gasteiger partial charge in [0.25, 0.3) is 5.69 Å². The molecule has 0 atom stereocenters. The molecule has 0 saturated carbocycles. The minimum atomic E-state index is -0.414. The Morgan fingerprint density at radius 1 is 1.56 bits per heavy atom. The van der Waals surface area contributed by atoms with E-state index in [9.17, 15) is 10.1 Å². The molecule has 1 aromatic heterocycles. The van der Waals surface area contributed by atoms with Gasteiger partial charge in [0.1, 0.15) is 0 Å². The number of nitro benzene ring substituents is 1. The van der Waals surface area contributed by atoms with Crippen LogP contribution in [0.2, 0.25) is 0 Å². The monoisotopic (exact) mass is 327 g/mol. The van der Waals surface area contributed by atoms with Gasteiger partial charge < -0.3 is 5.32 Å². The fourth-order valence-electron chi connectivity index (χ4n) is 1.44. The van der Waals surface area contributed by atoms with Gasteiger partial charge in [-0.1, -0.05) is 0 Å². The van der Waals surface area contributed by atoms with Gasteiger partial charge in [0, 0.05) is 17.1 Å². The van der Waals surface area contributed by atoms with Gasteiger partial charge in [0.2, 0.25) is 0 Å². The van der Waals surface area contributed by atoms with E-state index in [1.165, 1.54) is 6.07 Å². The van der Waals surface area contributed by atoms with Crippen LogP contribution in [0.1, 0.15) is 10.7 Å². The lowest BCUT2D eigenvalue weighted by Gasteiger charge is -2.04. The molecule has 18 heavy (non-hydrogen) atoms. The summed E-state index contributed by atoms with van der Waals surface area (Å²) >= 11 is 4.73. The molecular formula is C11H10BrN3O2S. The topological polar surface area (TPSA) is 68.1 Å². The second kappa shape index (κ2) is 5.45. The SMILES string of the molecule is Cc1nc(CNc2ccc(Br)c([N+](=O)[O-])c2)cs1. The van der Waals surface area contributed by atoms with E-state index in [-0.39, 0.29) is 5.69 Å². The average Bonchev–Trinajstić information content (AvgIpc) is 2.74. The summed E-state index contributed by atoms with van der Waals surface area (Å²) in [4.78, 5) is 14.7. The molecule has 2 aromatic rings. The smallest absolute Gasteiger partial charge is 0.285 e. The van der Waals surface area contributed by atoms with Gasteiger partial charge >= 0.3 is 0 Å². The van der Waals surface area contributed by atoms with Crippen LogP contribution in [0, 0.1) is 17.0 Å². The van der Waals surface area contributed by atoms with Crippen molar-refractivity contribution >= 4 is 38.6 Å². The van der Waals surface area contributed by atoms with Crippen molar-refractivity contribution in [2.75, 3.05) is 5.32 Å². The molecule has 0 amide bonds. The molecular weight excluding hydrogens is 318 g/mol. The minimum Gasteiger partial charge on any atom is -0.379 e. The normalized spacial score (nSPS) is 10.3. The summed E-state index contributed by atoms with van der Waals surface area (Å²) in [5.41, 5.74) is 1.69. The molecule has 0 aliphatic carbocycles. The predicted octanol–water partition coefficient (Wildman–Crippen LogP) is 3.73. The maximum absolute atomic E-state index is 10.8. The number of benzene rings is 1. The number of aryl methyl sites for hydroxylation is 1. The van der Waals surface area contributed by atoms with Gasteiger partial charge in [0.05, 0.1) is 26.6 Å². The highest BCUT2D eigenvalue weighted by atomic mass is 79.9. The van der Waals surface area contributed by atoms with Crippen molar-refractivity contribution < 1.29 is 4.92 Å². The fourth-order valence-corrected chi connectivity index (χ4v) is 2.45. The molecule has 1 N–H and O–H groups in total. The molecule has 0 saturated heterocycles. The number of thiazole rings is 1. The van der Waals surface area contributed by atoms with Crippen molar-refractivity contribution in [1.82, 2.24) is 4.98 Å². The van der Waals surface area contributed by atoms with Crippen molar-refractivity contribution in [2.24, 2.45) is 0 Å². The summed E-state index contributed by atoms with van der Waals surface area (Å²) in [7, 11) is 0. The van der Waals surface area contributed by atoms with Gasteiger partial charge in [-0.3, -0.25) is 10.1 Å². The molecule has 0 spiro atoms. The highest BCUT2D eigenvalue weighted by Gasteiger charge is 2.12. The Balaban J connectivity index is 2.10. The largest absolute Gasteiger partial charge is 0.379 e. The van der Waals surface area contributed by atoms with Crippen LogP contribution in [0.4, 0.5) is 11.4 Å². The lowest BCUT2D eigenvalue weighted by atomic mass is 10.3. The number of hydrogen-bond donors (Lipinski definition) is 1. The van der Waals surface area contributed by atoms with E-state index < -0.39 is 4.92 Å². The summed E-state index contributed by atoms with van der Waals surface area (Å²) in [6.07, 6.45) is 0. The van der Waals surface area contributed by atoms with Crippen LogP contribution in [0.25, 0.3) is 0 Å². The van der Waals surface area contributed by atoms with Crippen molar-refractivity contribution in [2.45, 2.75) is 13.5 Å². The summed E-state index contributed by atoms with van der Waals surface area (Å²) in [6.45, 7) is 2.50. The third-order valence-electron chi connectivity index (χ3n) is 2.28. The average molecular weight is 328 g/mol. The Hall–Kier alpha value is -1.47. The van der Waals surface area contributed by atoms with Crippen LogP contribution in [0.15, 0.2) is 28.1 Å². The molecule has 5 nitrogen and oxygen atoms in total. The Kier molecular flexibility index (Phi) is 3.93. The van der Waals surface area contributed by atoms with E-state index in [1.54, 1.807) is 23.5 Å². The van der Waals surface area contributed by atoms with Crippen LogP contribution in [0.5, 0.6) is 0 Å². The van der Waals surface area contributed by atoms with Crippen LogP contribution in [0.3, 0.4) is 0 Å². The third-order valence-corrected chi connectivity index (χ3v) is 3.78. The van der Waals surface area contributed by atoms with Crippen LogP contribution in [-0.2, 0) is 6.54 Å². The maximum Gasteiger partial charge on any atom is 0.285 e. The maximum atomic E-state index is 10.8. The Labute approximate surface area is 116 Å². The first kappa shape index (κ1) is 13.0. The first-order valence-electron chi connectivity index (χ1n) is 5.15. The summed E-state index contributed by atoms with van der Waals surface area (Å²) in [5, 5.41) is 16.9. The van der Waals surface area contributed by atoms with Crippen LogP contribution in [-0.4, -0.2) is 9.91 Å². The molecule has 7 heteroatoms. The van der Waals surface area contributed by atoms with Gasteiger partial charge in [0.15, 0.2) is 0 Å². The quantitative estimate of drug-likeness (QED) is 0.686. The van der Waals surface area contributed by atoms with E-state index in [2.05, 4.69) is 26.2 Å². The second-order valence-electron chi connectivity index (χ2n) is 3.63. The van der Waals surface area contributed by atoms with E-state index in [0.717, 1.165) is 10.7 Å². The van der Waals surface area contributed by atoms with Gasteiger partial charge in [-0.25, -0.2) is 4.98 Å². The van der Waals surface area contributed by atoms with E-state index in [1.807, 2.05) is 12.3 Å². The fraction of sp³-hybridized carbons (Fsp3) is 0.182. The highest BCUT2D eigenvalue weighted by molar-refractivity contribution is 9.10. The van der Waals surface area contributed by atoms with Crippen molar-refractivity contribution in [3.05, 3.63) is 48.9 Å². The molecule has 0 aliphatic rings. The Morgan fingerprint density at radius 3 is 2.94 bits per heavy atom. The van der Waals surface area contributed by atoms with Gasteiger partial charge in [-0.15, -0.1) is 11.3 Å². The number of aromatic nitrogens is 1. The molecule has 0 bridgehead atoms. The Bertz CT molecular complexity index is 585. The number of hydrogen-bond acceptors (Lipinski definition) is 5. The number of nitrogens with one attached hydrogen (secondary N) is 1. The van der Waals surface area contributed by atoms with Crippen LogP contribution >= 0.6 is 27.3 Å². The summed E-state index contributed by atoms with van der Waals surface area (Å²) < 4.78 is 0.475. The van der Waals surface area contributed by atoms with Crippen LogP contribution < -0.4 is 5.32 Å². The van der Waals surface area contributed by atoms with Crippen molar-refractivity contribution in [3.63, 3.8) is 0 Å². The molecule has 94 valence electrons. The standard InChI is InChI=1S/C11H10BrN3O2S/c1-7-14-9(6-18-7)5-13-8-2-3-10(12)11(4-8)15(16)17/h2-4,6,13H,5H2,1H3. The van der Waals surface area contributed by atoms with Crippen molar-refractivity contribution in [3.8, 4) is 0 Å². The van der Waals surface area contributed by atoms with Gasteiger partial charge in [-0.2, -0.15) is 0 Å². The second-order valence-corrected chi connectivity index (χ2v) is 5.55. The van der Waals surface area contributed by atoms with E-state index in [4.69, 9.17) is 0 Å². The van der Waals surface area contributed by atoms with E-state index in [0.29, 0.717) is 16.7 Å². The number of nitrogens with zero attached hydrogens (tertiary/aromatic N) is 2. The molecule has 2 rings (SSSR count). The molecule has 0 aliphatic heterocycles. The first-order valence-corrected chi connectivity index (χ1v) is 6.82. The van der Waals surface area contributed by atoms with Gasteiger partial charge in [-0.05, 0) is 35.0 Å². The minimum absolute atomic E-state index is 0.0504. The lowest BCUT2D eigenvalue weighted by molar-refractivity contribution is -0.385. The molecule has 1 heterocycles. The number of anilines is 1. The zero-order valence-electron chi connectivity index (χ0n) is 9.51. The number of nitro groups is 1.